The Labute approximate surface area is 256 Å². The molecule has 2 aromatic heterocycles. The molecule has 1 amide bonds. The fourth-order valence-corrected chi connectivity index (χ4v) is 5.96. The number of nitrogens with zero attached hydrogens (tertiary/aromatic N) is 4. The number of nitrogens with one attached hydrogen (secondary N) is 1. The van der Waals surface area contributed by atoms with Crippen LogP contribution in [0.5, 0.6) is 11.6 Å². The summed E-state index contributed by atoms with van der Waals surface area (Å²) in [5.74, 6) is 0.821. The van der Waals surface area contributed by atoms with Gasteiger partial charge in [0.15, 0.2) is 15.8 Å². The van der Waals surface area contributed by atoms with Gasteiger partial charge < -0.3 is 19.7 Å². The summed E-state index contributed by atoms with van der Waals surface area (Å²) in [5, 5.41) is 4.70. The highest BCUT2D eigenvalue weighted by Gasteiger charge is 2.28. The number of hydrogen-bond acceptors (Lipinski definition) is 9. The first-order chi connectivity index (χ1) is 20.9. The van der Waals surface area contributed by atoms with E-state index in [-0.39, 0.29) is 12.1 Å². The number of pyridine rings is 1. The number of fused-ring (bicyclic) bond motifs is 1. The molecule has 1 aliphatic rings. The van der Waals surface area contributed by atoms with Crippen LogP contribution in [0, 0.1) is 6.92 Å². The van der Waals surface area contributed by atoms with Gasteiger partial charge in [-0.1, -0.05) is 30.3 Å². The molecule has 0 saturated carbocycles. The molecule has 4 aromatic rings. The van der Waals surface area contributed by atoms with E-state index in [0.717, 1.165) is 18.4 Å². The van der Waals surface area contributed by atoms with E-state index < -0.39 is 27.2 Å². The number of carbonyl (C=O) groups is 1. The second kappa shape index (κ2) is 12.7. The molecule has 1 N–H and O–H groups in total. The molecule has 10 nitrogen and oxygen atoms in total. The number of sulfone groups is 1. The monoisotopic (exact) mass is 621 g/mol. The summed E-state index contributed by atoms with van der Waals surface area (Å²) in [5.41, 5.74) is 1.95. The van der Waals surface area contributed by atoms with E-state index in [4.69, 9.17) is 14.5 Å². The number of aryl methyl sites for hydroxylation is 1. The van der Waals surface area contributed by atoms with Crippen LogP contribution in [-0.4, -0.2) is 65.1 Å². The topological polar surface area (TPSA) is 124 Å². The maximum atomic E-state index is 13.1. The minimum Gasteiger partial charge on any atom is -0.444 e. The van der Waals surface area contributed by atoms with Gasteiger partial charge in [0, 0.05) is 36.9 Å². The molecule has 2 aromatic carbocycles. The molecule has 0 radical (unpaired) electrons. The average molecular weight is 622 g/mol. The number of aromatic nitrogens is 3. The van der Waals surface area contributed by atoms with Crippen molar-refractivity contribution in [2.24, 2.45) is 0 Å². The van der Waals surface area contributed by atoms with E-state index in [9.17, 15) is 17.6 Å². The Morgan fingerprint density at radius 2 is 1.89 bits per heavy atom. The van der Waals surface area contributed by atoms with Crippen molar-refractivity contribution >= 4 is 32.7 Å². The van der Waals surface area contributed by atoms with Crippen LogP contribution < -0.4 is 10.1 Å². The lowest BCUT2D eigenvalue weighted by atomic mass is 10.0. The van der Waals surface area contributed by atoms with Crippen LogP contribution in [0.25, 0.3) is 22.0 Å². The van der Waals surface area contributed by atoms with Crippen molar-refractivity contribution in [2.45, 2.75) is 57.9 Å². The van der Waals surface area contributed by atoms with E-state index in [1.165, 1.54) is 0 Å². The maximum absolute atomic E-state index is 13.1. The zero-order valence-electron chi connectivity index (χ0n) is 25.2. The molecular formula is C32H36FN5O5S. The zero-order chi connectivity index (χ0) is 31.5. The second-order valence-corrected chi connectivity index (χ2v) is 13.8. The summed E-state index contributed by atoms with van der Waals surface area (Å²) in [6.45, 7) is 8.53. The largest absolute Gasteiger partial charge is 0.444 e. The number of hydrogen-bond donors (Lipinski definition) is 1. The molecule has 1 saturated heterocycles. The molecule has 0 unspecified atom stereocenters. The van der Waals surface area contributed by atoms with Crippen LogP contribution in [0.4, 0.5) is 15.1 Å². The Hall–Kier alpha value is -4.32. The highest BCUT2D eigenvalue weighted by molar-refractivity contribution is 7.90. The highest BCUT2D eigenvalue weighted by atomic mass is 32.2. The molecule has 1 atom stereocenters. The van der Waals surface area contributed by atoms with Gasteiger partial charge in [0.2, 0.25) is 11.8 Å². The van der Waals surface area contributed by atoms with Crippen molar-refractivity contribution in [3.05, 3.63) is 72.1 Å². The first kappa shape index (κ1) is 31.1. The number of benzene rings is 2. The molecule has 3 heterocycles. The zero-order valence-corrected chi connectivity index (χ0v) is 26.0. The minimum absolute atomic E-state index is 0.0510. The van der Waals surface area contributed by atoms with E-state index in [1.807, 2.05) is 52.0 Å². The lowest BCUT2D eigenvalue weighted by Gasteiger charge is -2.34. The van der Waals surface area contributed by atoms with Gasteiger partial charge >= 0.3 is 6.09 Å². The van der Waals surface area contributed by atoms with Crippen molar-refractivity contribution in [1.29, 1.82) is 0 Å². The number of rotatable bonds is 8. The number of anilines is 1. The van der Waals surface area contributed by atoms with E-state index in [1.54, 1.807) is 41.6 Å². The lowest BCUT2D eigenvalue weighted by molar-refractivity contribution is 0.0206. The third-order valence-electron chi connectivity index (χ3n) is 7.15. The summed E-state index contributed by atoms with van der Waals surface area (Å²) in [7, 11) is -3.88. The summed E-state index contributed by atoms with van der Waals surface area (Å²) in [4.78, 5) is 28.0. The van der Waals surface area contributed by atoms with Crippen molar-refractivity contribution < 1.29 is 27.1 Å². The number of piperidine rings is 1. The number of ether oxygens (including phenoxy) is 2. The van der Waals surface area contributed by atoms with E-state index in [2.05, 4.69) is 15.3 Å². The highest BCUT2D eigenvalue weighted by Crippen LogP contribution is 2.38. The molecule has 1 aliphatic heterocycles. The summed E-state index contributed by atoms with van der Waals surface area (Å²) in [6.07, 6.45) is 4.60. The van der Waals surface area contributed by atoms with Crippen LogP contribution in [0.2, 0.25) is 0 Å². The second-order valence-electron chi connectivity index (χ2n) is 11.9. The van der Waals surface area contributed by atoms with Gasteiger partial charge in [-0.2, -0.15) is 0 Å². The smallest absolute Gasteiger partial charge is 0.410 e. The van der Waals surface area contributed by atoms with Gasteiger partial charge in [-0.25, -0.2) is 32.6 Å². The molecule has 0 aliphatic carbocycles. The van der Waals surface area contributed by atoms with Crippen LogP contribution in [0.15, 0.2) is 60.9 Å². The van der Waals surface area contributed by atoms with Gasteiger partial charge in [0.25, 0.3) is 0 Å². The number of halogens is 1. The van der Waals surface area contributed by atoms with Crippen LogP contribution in [-0.2, 0) is 20.3 Å². The summed E-state index contributed by atoms with van der Waals surface area (Å²) < 4.78 is 49.2. The molecule has 232 valence electrons. The Balaban J connectivity index is 1.40. The van der Waals surface area contributed by atoms with Gasteiger partial charge in [0.05, 0.1) is 17.0 Å². The Morgan fingerprint density at radius 3 is 2.66 bits per heavy atom. The molecular weight excluding hydrogens is 585 g/mol. The predicted molar refractivity (Wildman–Crippen MR) is 167 cm³/mol. The quantitative estimate of drug-likeness (QED) is 0.237. The number of carbonyl (C=O) groups excluding carboxylic acids is 1. The minimum atomic E-state index is -3.88. The molecule has 0 spiro atoms. The van der Waals surface area contributed by atoms with Crippen molar-refractivity contribution in [3.8, 4) is 22.9 Å². The molecule has 12 heteroatoms. The standard InChI is InChI=1S/C32H36FN5O5S/c1-21-12-13-24-22(19-44(40,41)20-33)8-5-10-25(24)28(21)42-29-26(11-6-15-34-29)27-14-16-35-30(37-27)36-23-9-7-17-38(18-23)31(39)43-32(2,3)4/h5-6,8,10-16,23H,7,9,17-20H2,1-4H3,(H,35,36,37)/t23-/m0/s1. The van der Waals surface area contributed by atoms with Gasteiger partial charge in [0.1, 0.15) is 11.4 Å². The van der Waals surface area contributed by atoms with Crippen LogP contribution >= 0.6 is 0 Å². The van der Waals surface area contributed by atoms with E-state index >= 15 is 0 Å². The predicted octanol–water partition coefficient (Wildman–Crippen LogP) is 6.45. The Kier molecular flexibility index (Phi) is 9.00. The molecule has 5 rings (SSSR count). The fourth-order valence-electron chi connectivity index (χ4n) is 5.15. The van der Waals surface area contributed by atoms with Gasteiger partial charge in [-0.05, 0) is 75.2 Å². The third kappa shape index (κ3) is 7.42. The van der Waals surface area contributed by atoms with Crippen molar-refractivity contribution in [1.82, 2.24) is 19.9 Å². The van der Waals surface area contributed by atoms with E-state index in [0.29, 0.717) is 58.3 Å². The van der Waals surface area contributed by atoms with Gasteiger partial charge in [-0.3, -0.25) is 0 Å². The SMILES string of the molecule is Cc1ccc2c(CS(=O)(=O)CF)cccc2c1Oc1ncccc1-c1ccnc(N[C@H]2CCCN(C(=O)OC(C)(C)C)C2)n1. The first-order valence-electron chi connectivity index (χ1n) is 14.4. The number of likely N-dealkylation sites (tertiary alicyclic amines) is 1. The average Bonchev–Trinajstić information content (AvgIpc) is 2.98. The number of alkyl halides is 1. The summed E-state index contributed by atoms with van der Waals surface area (Å²) in [6, 6.07) is 12.8. The Morgan fingerprint density at radius 1 is 1.07 bits per heavy atom. The fraction of sp³-hybridized carbons (Fsp3) is 0.375. The van der Waals surface area contributed by atoms with Crippen molar-refractivity contribution in [3.63, 3.8) is 0 Å². The lowest BCUT2D eigenvalue weighted by Crippen LogP contribution is -2.47. The molecule has 0 bridgehead atoms. The number of amides is 1. The Bertz CT molecular complexity index is 1780. The molecule has 44 heavy (non-hydrogen) atoms. The van der Waals surface area contributed by atoms with Gasteiger partial charge in [-0.15, -0.1) is 0 Å². The normalized spacial score (nSPS) is 15.7. The van der Waals surface area contributed by atoms with Crippen LogP contribution in [0.3, 0.4) is 0 Å². The first-order valence-corrected chi connectivity index (χ1v) is 16.2. The molecule has 1 fully saturated rings. The van der Waals surface area contributed by atoms with Crippen molar-refractivity contribution in [2.75, 3.05) is 24.4 Å². The van der Waals surface area contributed by atoms with Crippen LogP contribution in [0.1, 0.15) is 44.7 Å². The third-order valence-corrected chi connectivity index (χ3v) is 8.23. The summed E-state index contributed by atoms with van der Waals surface area (Å²) >= 11 is 0. The maximum Gasteiger partial charge on any atom is 0.410 e.